The van der Waals surface area contributed by atoms with Crippen LogP contribution >= 0.6 is 0 Å². The van der Waals surface area contributed by atoms with Gasteiger partial charge in [-0.2, -0.15) is 0 Å². The minimum absolute atomic E-state index is 0.175. The van der Waals surface area contributed by atoms with E-state index in [1.807, 2.05) is 12.1 Å². The molecule has 2 aliphatic rings. The number of nitrogens with one attached hydrogen (secondary N) is 2. The van der Waals surface area contributed by atoms with Gasteiger partial charge in [-0.25, -0.2) is 4.39 Å². The molecule has 2 atom stereocenters. The highest BCUT2D eigenvalue weighted by Gasteiger charge is 2.32. The van der Waals surface area contributed by atoms with Gasteiger partial charge in [-0.1, -0.05) is 30.3 Å². The van der Waals surface area contributed by atoms with Crippen molar-refractivity contribution in [1.82, 2.24) is 15.5 Å². The summed E-state index contributed by atoms with van der Waals surface area (Å²) in [6.45, 7) is 5.91. The molecule has 2 fully saturated rings. The number of hydrogen-bond donors (Lipinski definition) is 2. The Labute approximate surface area is 148 Å². The monoisotopic (exact) mass is 340 g/mol. The molecule has 2 aliphatic heterocycles. The molecule has 2 N–H and O–H groups in total. The van der Waals surface area contributed by atoms with Crippen molar-refractivity contribution in [2.45, 2.75) is 12.2 Å². The number of benzene rings is 2. The number of rotatable bonds is 3. The first-order valence-corrected chi connectivity index (χ1v) is 9.07. The maximum atomic E-state index is 13.1. The van der Waals surface area contributed by atoms with Crippen LogP contribution in [0.25, 0.3) is 0 Å². The Morgan fingerprint density at radius 2 is 1.48 bits per heavy atom. The van der Waals surface area contributed by atoms with E-state index < -0.39 is 0 Å². The lowest BCUT2D eigenvalue weighted by atomic mass is 10.0. The van der Waals surface area contributed by atoms with Crippen molar-refractivity contribution < 1.29 is 4.39 Å². The molecule has 25 heavy (non-hydrogen) atoms. The van der Waals surface area contributed by atoms with Crippen LogP contribution in [-0.2, 0) is 0 Å². The molecule has 4 nitrogen and oxygen atoms in total. The van der Waals surface area contributed by atoms with Gasteiger partial charge in [0.2, 0.25) is 0 Å². The van der Waals surface area contributed by atoms with Crippen molar-refractivity contribution in [1.29, 1.82) is 0 Å². The summed E-state index contributed by atoms with van der Waals surface area (Å²) in [6, 6.07) is 17.8. The fourth-order valence-corrected chi connectivity index (χ4v) is 3.89. The standard InChI is InChI=1S/C20H25FN4/c21-17-6-8-18(9-7-17)24-12-14-25(15-13-24)20-19(22-10-11-23-20)16-4-2-1-3-5-16/h1-9,19-20,22-23H,10-15H2. The summed E-state index contributed by atoms with van der Waals surface area (Å²) < 4.78 is 13.1. The Kier molecular flexibility index (Phi) is 4.97. The van der Waals surface area contributed by atoms with Crippen LogP contribution in [0.1, 0.15) is 11.6 Å². The van der Waals surface area contributed by atoms with Crippen LogP contribution in [0, 0.1) is 5.82 Å². The molecule has 0 saturated carbocycles. The zero-order valence-electron chi connectivity index (χ0n) is 14.4. The van der Waals surface area contributed by atoms with E-state index in [0.717, 1.165) is 45.0 Å². The summed E-state index contributed by atoms with van der Waals surface area (Å²) in [5.41, 5.74) is 2.44. The maximum Gasteiger partial charge on any atom is 0.123 e. The van der Waals surface area contributed by atoms with Gasteiger partial charge in [0.05, 0.1) is 12.2 Å². The minimum atomic E-state index is -0.175. The predicted octanol–water partition coefficient (Wildman–Crippen LogP) is 2.21. The molecule has 0 radical (unpaired) electrons. The average Bonchev–Trinajstić information content (AvgIpc) is 2.69. The first-order chi connectivity index (χ1) is 12.3. The van der Waals surface area contributed by atoms with Gasteiger partial charge in [-0.3, -0.25) is 10.2 Å². The van der Waals surface area contributed by atoms with Crippen molar-refractivity contribution >= 4 is 5.69 Å². The molecule has 2 unspecified atom stereocenters. The van der Waals surface area contributed by atoms with Crippen molar-refractivity contribution in [2.75, 3.05) is 44.2 Å². The van der Waals surface area contributed by atoms with Gasteiger partial charge in [-0.05, 0) is 29.8 Å². The summed E-state index contributed by atoms with van der Waals surface area (Å²) in [5.74, 6) is -0.175. The van der Waals surface area contributed by atoms with E-state index in [-0.39, 0.29) is 5.82 Å². The lowest BCUT2D eigenvalue weighted by Crippen LogP contribution is -2.62. The van der Waals surface area contributed by atoms with E-state index in [9.17, 15) is 4.39 Å². The van der Waals surface area contributed by atoms with E-state index >= 15 is 0 Å². The third-order valence-electron chi connectivity index (χ3n) is 5.22. The van der Waals surface area contributed by atoms with Gasteiger partial charge < -0.3 is 10.2 Å². The molecule has 132 valence electrons. The molecular weight excluding hydrogens is 315 g/mol. The van der Waals surface area contributed by atoms with Gasteiger partial charge in [0.25, 0.3) is 0 Å². The second-order valence-electron chi connectivity index (χ2n) is 6.74. The van der Waals surface area contributed by atoms with Gasteiger partial charge in [-0.15, -0.1) is 0 Å². The second-order valence-corrected chi connectivity index (χ2v) is 6.74. The number of anilines is 1. The Morgan fingerprint density at radius 3 is 2.20 bits per heavy atom. The van der Waals surface area contributed by atoms with Crippen LogP contribution in [0.3, 0.4) is 0 Å². The number of hydrogen-bond acceptors (Lipinski definition) is 4. The molecule has 2 aromatic rings. The maximum absolute atomic E-state index is 13.1. The Bertz CT molecular complexity index is 668. The van der Waals surface area contributed by atoms with Gasteiger partial charge >= 0.3 is 0 Å². The average molecular weight is 340 g/mol. The molecule has 0 aromatic heterocycles. The number of nitrogens with zero attached hydrogens (tertiary/aromatic N) is 2. The normalized spacial score (nSPS) is 25.1. The first kappa shape index (κ1) is 16.5. The van der Waals surface area contributed by atoms with Crippen molar-refractivity contribution in [2.24, 2.45) is 0 Å². The first-order valence-electron chi connectivity index (χ1n) is 9.07. The third kappa shape index (κ3) is 3.68. The zero-order chi connectivity index (χ0) is 17.1. The number of halogens is 1. The predicted molar refractivity (Wildman–Crippen MR) is 99.2 cm³/mol. The van der Waals surface area contributed by atoms with Crippen molar-refractivity contribution in [3.05, 3.63) is 66.0 Å². The van der Waals surface area contributed by atoms with Gasteiger partial charge in [0.1, 0.15) is 5.82 Å². The summed E-state index contributed by atoms with van der Waals surface area (Å²) in [4.78, 5) is 4.87. The van der Waals surface area contributed by atoms with Crippen LogP contribution in [0.5, 0.6) is 0 Å². The van der Waals surface area contributed by atoms with Crippen molar-refractivity contribution in [3.63, 3.8) is 0 Å². The van der Waals surface area contributed by atoms with Crippen LogP contribution in [-0.4, -0.2) is 50.3 Å². The Morgan fingerprint density at radius 1 is 0.800 bits per heavy atom. The van der Waals surface area contributed by atoms with Crippen LogP contribution in [0.2, 0.25) is 0 Å². The van der Waals surface area contributed by atoms with Crippen LogP contribution in [0.15, 0.2) is 54.6 Å². The molecule has 0 bridgehead atoms. The summed E-state index contributed by atoms with van der Waals surface area (Å²) >= 11 is 0. The quantitative estimate of drug-likeness (QED) is 0.897. The van der Waals surface area contributed by atoms with Gasteiger partial charge in [0, 0.05) is 45.0 Å². The summed E-state index contributed by atoms with van der Waals surface area (Å²) in [6.07, 6.45) is 0.312. The smallest absolute Gasteiger partial charge is 0.123 e. The van der Waals surface area contributed by atoms with Crippen molar-refractivity contribution in [3.8, 4) is 0 Å². The number of piperazine rings is 2. The third-order valence-corrected chi connectivity index (χ3v) is 5.22. The molecule has 0 amide bonds. The molecule has 2 heterocycles. The summed E-state index contributed by atoms with van der Waals surface area (Å²) in [5, 5.41) is 7.37. The molecule has 0 spiro atoms. The lowest BCUT2D eigenvalue weighted by molar-refractivity contribution is 0.103. The Hall–Kier alpha value is -1.95. The fourth-order valence-electron chi connectivity index (χ4n) is 3.89. The fraction of sp³-hybridized carbons (Fsp3) is 0.400. The largest absolute Gasteiger partial charge is 0.369 e. The second kappa shape index (κ2) is 7.52. The molecular formula is C20H25FN4. The topological polar surface area (TPSA) is 30.5 Å². The zero-order valence-corrected chi connectivity index (χ0v) is 14.4. The van der Waals surface area contributed by atoms with E-state index in [4.69, 9.17) is 0 Å². The SMILES string of the molecule is Fc1ccc(N2CCN(C3NCCNC3c3ccccc3)CC2)cc1. The van der Waals surface area contributed by atoms with Crippen LogP contribution < -0.4 is 15.5 Å². The highest BCUT2D eigenvalue weighted by Crippen LogP contribution is 2.24. The van der Waals surface area contributed by atoms with E-state index in [1.54, 1.807) is 12.1 Å². The Balaban J connectivity index is 1.43. The molecule has 2 aromatic carbocycles. The van der Waals surface area contributed by atoms with E-state index in [2.05, 4.69) is 50.8 Å². The highest BCUT2D eigenvalue weighted by molar-refractivity contribution is 5.46. The van der Waals surface area contributed by atoms with Gasteiger partial charge in [0.15, 0.2) is 0 Å². The molecule has 2 saturated heterocycles. The van der Waals surface area contributed by atoms with E-state index in [1.165, 1.54) is 5.56 Å². The lowest BCUT2D eigenvalue weighted by Gasteiger charge is -2.45. The summed E-state index contributed by atoms with van der Waals surface area (Å²) in [7, 11) is 0. The minimum Gasteiger partial charge on any atom is -0.369 e. The molecule has 4 rings (SSSR count). The molecule has 0 aliphatic carbocycles. The van der Waals surface area contributed by atoms with Crippen LogP contribution in [0.4, 0.5) is 10.1 Å². The highest BCUT2D eigenvalue weighted by atomic mass is 19.1. The van der Waals surface area contributed by atoms with E-state index in [0.29, 0.717) is 12.2 Å². The molecule has 5 heteroatoms.